The van der Waals surface area contributed by atoms with Crippen molar-refractivity contribution in [2.24, 2.45) is 11.8 Å². The zero-order chi connectivity index (χ0) is 13.4. The van der Waals surface area contributed by atoms with Crippen LogP contribution >= 0.6 is 0 Å². The third kappa shape index (κ3) is 2.24. The molecule has 0 saturated heterocycles. The standard InChI is InChI=1S/C20H26/c1-3-7-19-15(5-1)9-11-17(19)13-14-18-12-10-16-6-2-4-8-20(16)18/h9-12,15,18H,1-8,13-14H2. The van der Waals surface area contributed by atoms with Crippen LogP contribution in [0.15, 0.2) is 46.6 Å². The highest BCUT2D eigenvalue weighted by atomic mass is 14.3. The molecule has 20 heavy (non-hydrogen) atoms. The van der Waals surface area contributed by atoms with Gasteiger partial charge in [-0.25, -0.2) is 0 Å². The molecule has 106 valence electrons. The maximum atomic E-state index is 2.50. The third-order valence-corrected chi connectivity index (χ3v) is 5.86. The summed E-state index contributed by atoms with van der Waals surface area (Å²) in [6.45, 7) is 0. The summed E-state index contributed by atoms with van der Waals surface area (Å²) < 4.78 is 0. The molecule has 0 aromatic rings. The second kappa shape index (κ2) is 5.39. The van der Waals surface area contributed by atoms with Crippen LogP contribution in [0, 0.1) is 11.8 Å². The van der Waals surface area contributed by atoms with Crippen molar-refractivity contribution in [2.75, 3.05) is 0 Å². The van der Waals surface area contributed by atoms with Gasteiger partial charge in [0.05, 0.1) is 0 Å². The van der Waals surface area contributed by atoms with E-state index in [0.29, 0.717) is 0 Å². The van der Waals surface area contributed by atoms with Crippen LogP contribution in [-0.4, -0.2) is 0 Å². The Hall–Kier alpha value is -1.04. The Balaban J connectivity index is 1.43. The summed E-state index contributed by atoms with van der Waals surface area (Å²) in [5.41, 5.74) is 6.99. The Morgan fingerprint density at radius 1 is 0.850 bits per heavy atom. The molecule has 4 rings (SSSR count). The lowest BCUT2D eigenvalue weighted by Gasteiger charge is -2.22. The summed E-state index contributed by atoms with van der Waals surface area (Å²) in [5.74, 6) is 1.59. The van der Waals surface area contributed by atoms with Crippen molar-refractivity contribution in [3.05, 3.63) is 46.6 Å². The van der Waals surface area contributed by atoms with Gasteiger partial charge in [0.1, 0.15) is 0 Å². The predicted octanol–water partition coefficient (Wildman–Crippen LogP) is 5.88. The molecule has 0 amide bonds. The van der Waals surface area contributed by atoms with E-state index in [0.717, 1.165) is 11.8 Å². The van der Waals surface area contributed by atoms with Crippen LogP contribution < -0.4 is 0 Å². The van der Waals surface area contributed by atoms with Gasteiger partial charge in [-0.15, -0.1) is 0 Å². The van der Waals surface area contributed by atoms with E-state index in [2.05, 4.69) is 24.3 Å². The zero-order valence-corrected chi connectivity index (χ0v) is 12.5. The lowest BCUT2D eigenvalue weighted by atomic mass is 9.83. The molecule has 0 aromatic carbocycles. The first-order valence-corrected chi connectivity index (χ1v) is 8.72. The van der Waals surface area contributed by atoms with Crippen LogP contribution in [0.1, 0.15) is 64.2 Å². The first-order chi connectivity index (χ1) is 9.92. The minimum absolute atomic E-state index is 0.773. The van der Waals surface area contributed by atoms with E-state index in [1.165, 1.54) is 64.2 Å². The summed E-state index contributed by atoms with van der Waals surface area (Å²) in [7, 11) is 0. The molecule has 4 aliphatic rings. The van der Waals surface area contributed by atoms with Crippen LogP contribution in [-0.2, 0) is 0 Å². The summed E-state index contributed by atoms with van der Waals surface area (Å²) in [4.78, 5) is 0. The molecule has 1 saturated carbocycles. The van der Waals surface area contributed by atoms with Gasteiger partial charge in [-0.1, -0.05) is 41.9 Å². The van der Waals surface area contributed by atoms with Crippen molar-refractivity contribution in [1.29, 1.82) is 0 Å². The van der Waals surface area contributed by atoms with Gasteiger partial charge in [0.2, 0.25) is 0 Å². The highest BCUT2D eigenvalue weighted by Gasteiger charge is 2.26. The monoisotopic (exact) mass is 266 g/mol. The molecule has 0 bridgehead atoms. The quantitative estimate of drug-likeness (QED) is 0.598. The van der Waals surface area contributed by atoms with Crippen LogP contribution in [0.3, 0.4) is 0 Å². The molecule has 0 N–H and O–H groups in total. The largest absolute Gasteiger partial charge is 0.0771 e. The van der Waals surface area contributed by atoms with Crippen LogP contribution in [0.25, 0.3) is 0 Å². The highest BCUT2D eigenvalue weighted by Crippen LogP contribution is 2.42. The molecule has 2 unspecified atom stereocenters. The van der Waals surface area contributed by atoms with Crippen molar-refractivity contribution >= 4 is 0 Å². The van der Waals surface area contributed by atoms with Crippen molar-refractivity contribution in [3.8, 4) is 0 Å². The molecule has 1 fully saturated rings. The minimum atomic E-state index is 0.773. The van der Waals surface area contributed by atoms with Gasteiger partial charge >= 0.3 is 0 Å². The Bertz CT molecular complexity index is 512. The number of rotatable bonds is 3. The molecule has 2 atom stereocenters. The van der Waals surface area contributed by atoms with Crippen molar-refractivity contribution in [3.63, 3.8) is 0 Å². The Morgan fingerprint density at radius 3 is 2.70 bits per heavy atom. The van der Waals surface area contributed by atoms with Gasteiger partial charge in [0.25, 0.3) is 0 Å². The lowest BCUT2D eigenvalue weighted by Crippen LogP contribution is -2.07. The van der Waals surface area contributed by atoms with E-state index in [4.69, 9.17) is 0 Å². The fraction of sp³-hybridized carbons (Fsp3) is 0.600. The van der Waals surface area contributed by atoms with E-state index in [9.17, 15) is 0 Å². The number of hydrogen-bond acceptors (Lipinski definition) is 0. The molecule has 4 aliphatic carbocycles. The summed E-state index contributed by atoms with van der Waals surface area (Å²) in [6.07, 6.45) is 23.7. The number of hydrogen-bond donors (Lipinski definition) is 0. The van der Waals surface area contributed by atoms with Gasteiger partial charge in [0, 0.05) is 0 Å². The molecule has 0 radical (unpaired) electrons. The fourth-order valence-corrected chi connectivity index (χ4v) is 4.73. The molecular weight excluding hydrogens is 240 g/mol. The number of fused-ring (bicyclic) bond motifs is 1. The van der Waals surface area contributed by atoms with Crippen molar-refractivity contribution in [2.45, 2.75) is 64.2 Å². The van der Waals surface area contributed by atoms with Gasteiger partial charge < -0.3 is 0 Å². The Labute approximate surface area is 123 Å². The van der Waals surface area contributed by atoms with Crippen LogP contribution in [0.2, 0.25) is 0 Å². The molecule has 0 heteroatoms. The first kappa shape index (κ1) is 12.7. The fourth-order valence-electron chi connectivity index (χ4n) is 4.73. The average Bonchev–Trinajstić information content (AvgIpc) is 3.09. The molecule has 0 nitrogen and oxygen atoms in total. The van der Waals surface area contributed by atoms with E-state index in [1.807, 2.05) is 0 Å². The van der Waals surface area contributed by atoms with Crippen molar-refractivity contribution in [1.82, 2.24) is 0 Å². The van der Waals surface area contributed by atoms with Gasteiger partial charge in [-0.05, 0) is 80.8 Å². The molecule has 0 aliphatic heterocycles. The maximum absolute atomic E-state index is 2.50. The number of allylic oxidation sites excluding steroid dienone is 8. The highest BCUT2D eigenvalue weighted by molar-refractivity contribution is 5.40. The second-order valence-corrected chi connectivity index (χ2v) is 7.02. The smallest absolute Gasteiger partial charge is 0.00111 e. The summed E-state index contributed by atoms with van der Waals surface area (Å²) in [6, 6.07) is 0. The summed E-state index contributed by atoms with van der Waals surface area (Å²) >= 11 is 0. The van der Waals surface area contributed by atoms with Gasteiger partial charge in [-0.3, -0.25) is 0 Å². The average molecular weight is 266 g/mol. The Morgan fingerprint density at radius 2 is 1.70 bits per heavy atom. The molecule has 0 aromatic heterocycles. The van der Waals surface area contributed by atoms with E-state index >= 15 is 0 Å². The normalized spacial score (nSPS) is 32.0. The Kier molecular flexibility index (Phi) is 3.42. The van der Waals surface area contributed by atoms with E-state index in [1.54, 1.807) is 22.3 Å². The van der Waals surface area contributed by atoms with Gasteiger partial charge in [-0.2, -0.15) is 0 Å². The van der Waals surface area contributed by atoms with Crippen molar-refractivity contribution < 1.29 is 0 Å². The maximum Gasteiger partial charge on any atom is -0.00111 e. The van der Waals surface area contributed by atoms with E-state index < -0.39 is 0 Å². The molecular formula is C20H26. The minimum Gasteiger partial charge on any atom is -0.0771 e. The third-order valence-electron chi connectivity index (χ3n) is 5.86. The van der Waals surface area contributed by atoms with Crippen LogP contribution in [0.5, 0.6) is 0 Å². The molecule has 0 spiro atoms. The zero-order valence-electron chi connectivity index (χ0n) is 12.5. The SMILES string of the molecule is C1=CC2CCCCC2=C1CCC1C=CC2=C1CCCC2. The second-order valence-electron chi connectivity index (χ2n) is 7.02. The molecule has 0 heterocycles. The topological polar surface area (TPSA) is 0 Å². The lowest BCUT2D eigenvalue weighted by molar-refractivity contribution is 0.519. The van der Waals surface area contributed by atoms with Gasteiger partial charge in [0.15, 0.2) is 0 Å². The first-order valence-electron chi connectivity index (χ1n) is 8.72. The van der Waals surface area contributed by atoms with E-state index in [-0.39, 0.29) is 0 Å². The summed E-state index contributed by atoms with van der Waals surface area (Å²) in [5, 5.41) is 0. The predicted molar refractivity (Wildman–Crippen MR) is 85.5 cm³/mol. The van der Waals surface area contributed by atoms with Crippen LogP contribution in [0.4, 0.5) is 0 Å².